The van der Waals surface area contributed by atoms with Crippen LogP contribution in [0.1, 0.15) is 11.1 Å². The van der Waals surface area contributed by atoms with Gasteiger partial charge in [0, 0.05) is 12.2 Å². The van der Waals surface area contributed by atoms with Crippen molar-refractivity contribution in [1.29, 1.82) is 0 Å². The molecule has 0 atom stereocenters. The van der Waals surface area contributed by atoms with Crippen molar-refractivity contribution in [3.8, 4) is 5.75 Å². The third-order valence-electron chi connectivity index (χ3n) is 2.99. The summed E-state index contributed by atoms with van der Waals surface area (Å²) in [6, 6.07) is 14.6. The van der Waals surface area contributed by atoms with Crippen LogP contribution < -0.4 is 10.6 Å². The Labute approximate surface area is 118 Å². The van der Waals surface area contributed by atoms with Gasteiger partial charge in [0.2, 0.25) is 0 Å². The van der Waals surface area contributed by atoms with Crippen molar-refractivity contribution < 1.29 is 9.90 Å². The predicted octanol–water partition coefficient (Wildman–Crippen LogP) is 3.06. The molecule has 2 aromatic rings. The lowest BCUT2D eigenvalue weighted by atomic mass is 10.1. The van der Waals surface area contributed by atoms with Gasteiger partial charge in [0.05, 0.1) is 0 Å². The lowest BCUT2D eigenvalue weighted by Crippen LogP contribution is -2.30. The van der Waals surface area contributed by atoms with E-state index in [4.69, 9.17) is 0 Å². The summed E-state index contributed by atoms with van der Waals surface area (Å²) in [6.07, 6.45) is 0.726. The molecule has 0 aliphatic carbocycles. The topological polar surface area (TPSA) is 61.4 Å². The third-order valence-corrected chi connectivity index (χ3v) is 2.99. The number of aromatic hydroxyl groups is 1. The molecule has 4 nitrogen and oxygen atoms in total. The van der Waals surface area contributed by atoms with Gasteiger partial charge in [-0.1, -0.05) is 30.3 Å². The van der Waals surface area contributed by atoms with E-state index in [1.54, 1.807) is 6.07 Å². The molecule has 0 saturated carbocycles. The minimum absolute atomic E-state index is 0.216. The molecule has 0 aliphatic heterocycles. The largest absolute Gasteiger partial charge is 0.508 e. The number of hydrogen-bond acceptors (Lipinski definition) is 2. The van der Waals surface area contributed by atoms with E-state index in [1.165, 1.54) is 0 Å². The van der Waals surface area contributed by atoms with Gasteiger partial charge < -0.3 is 15.7 Å². The first-order valence-corrected chi connectivity index (χ1v) is 6.53. The van der Waals surface area contributed by atoms with E-state index in [2.05, 4.69) is 10.6 Å². The van der Waals surface area contributed by atoms with Crippen molar-refractivity contribution in [2.45, 2.75) is 13.3 Å². The molecule has 0 bridgehead atoms. The summed E-state index contributed by atoms with van der Waals surface area (Å²) in [7, 11) is 0. The maximum absolute atomic E-state index is 11.7. The second-order valence-corrected chi connectivity index (χ2v) is 4.62. The molecule has 0 heterocycles. The molecule has 3 N–H and O–H groups in total. The highest BCUT2D eigenvalue weighted by molar-refractivity contribution is 5.89. The Hall–Kier alpha value is -2.49. The molecule has 0 radical (unpaired) electrons. The molecule has 4 heteroatoms. The number of nitrogens with one attached hydrogen (secondary N) is 2. The highest BCUT2D eigenvalue weighted by Crippen LogP contribution is 2.16. The smallest absolute Gasteiger partial charge is 0.319 e. The van der Waals surface area contributed by atoms with E-state index in [9.17, 15) is 9.90 Å². The molecule has 0 aliphatic rings. The van der Waals surface area contributed by atoms with Gasteiger partial charge in [-0.05, 0) is 42.7 Å². The highest BCUT2D eigenvalue weighted by atomic mass is 16.3. The Balaban J connectivity index is 1.78. The Morgan fingerprint density at radius 2 is 1.90 bits per heavy atom. The van der Waals surface area contributed by atoms with Crippen LogP contribution in [0.3, 0.4) is 0 Å². The second kappa shape index (κ2) is 6.61. The van der Waals surface area contributed by atoms with Crippen LogP contribution in [0.15, 0.2) is 48.5 Å². The minimum atomic E-state index is -0.216. The standard InChI is InChI=1S/C16H18N2O2/c1-12-11-13(7-8-15(12)19)9-10-17-16(20)18-14-5-3-2-4-6-14/h2-8,11,19H,9-10H2,1H3,(H2,17,18,20). The molecule has 0 saturated heterocycles. The summed E-state index contributed by atoms with van der Waals surface area (Å²) in [5, 5.41) is 15.0. The van der Waals surface area contributed by atoms with Gasteiger partial charge in [-0.3, -0.25) is 0 Å². The first kappa shape index (κ1) is 13.9. The number of hydrogen-bond donors (Lipinski definition) is 3. The number of phenols is 1. The van der Waals surface area contributed by atoms with Crippen molar-refractivity contribution in [3.63, 3.8) is 0 Å². The van der Waals surface area contributed by atoms with Crippen LogP contribution in [-0.4, -0.2) is 17.7 Å². The Morgan fingerprint density at radius 3 is 2.60 bits per heavy atom. The Morgan fingerprint density at radius 1 is 1.15 bits per heavy atom. The molecule has 104 valence electrons. The van der Waals surface area contributed by atoms with E-state index in [-0.39, 0.29) is 6.03 Å². The van der Waals surface area contributed by atoms with Crippen LogP contribution in [0, 0.1) is 6.92 Å². The number of benzene rings is 2. The zero-order chi connectivity index (χ0) is 14.4. The lowest BCUT2D eigenvalue weighted by Gasteiger charge is -2.08. The molecule has 2 rings (SSSR count). The number of aryl methyl sites for hydroxylation is 1. The molecule has 20 heavy (non-hydrogen) atoms. The summed E-state index contributed by atoms with van der Waals surface area (Å²) >= 11 is 0. The number of para-hydroxylation sites is 1. The molecule has 0 aromatic heterocycles. The molecule has 0 fully saturated rings. The maximum atomic E-state index is 11.7. The fourth-order valence-corrected chi connectivity index (χ4v) is 1.89. The first-order chi connectivity index (χ1) is 9.65. The Bertz CT molecular complexity index is 582. The van der Waals surface area contributed by atoms with Crippen LogP contribution in [-0.2, 0) is 6.42 Å². The van der Waals surface area contributed by atoms with Crippen LogP contribution in [0.2, 0.25) is 0 Å². The molecule has 0 unspecified atom stereocenters. The van der Waals surface area contributed by atoms with Crippen molar-refractivity contribution in [3.05, 3.63) is 59.7 Å². The first-order valence-electron chi connectivity index (χ1n) is 6.53. The van der Waals surface area contributed by atoms with E-state index in [0.717, 1.165) is 23.2 Å². The van der Waals surface area contributed by atoms with Gasteiger partial charge in [0.1, 0.15) is 5.75 Å². The van der Waals surface area contributed by atoms with Crippen LogP contribution in [0.5, 0.6) is 5.75 Å². The normalized spacial score (nSPS) is 10.1. The number of carbonyl (C=O) groups excluding carboxylic acids is 1. The average molecular weight is 270 g/mol. The molecule has 0 spiro atoms. The van der Waals surface area contributed by atoms with Gasteiger partial charge in [0.25, 0.3) is 0 Å². The van der Waals surface area contributed by atoms with Crippen LogP contribution in [0.4, 0.5) is 10.5 Å². The molecule has 2 amide bonds. The van der Waals surface area contributed by atoms with Gasteiger partial charge in [-0.2, -0.15) is 0 Å². The third kappa shape index (κ3) is 4.02. The number of amides is 2. The lowest BCUT2D eigenvalue weighted by molar-refractivity contribution is 0.252. The highest BCUT2D eigenvalue weighted by Gasteiger charge is 2.02. The molecule has 2 aromatic carbocycles. The summed E-state index contributed by atoms with van der Waals surface area (Å²) in [5.74, 6) is 0.295. The van der Waals surface area contributed by atoms with Gasteiger partial charge >= 0.3 is 6.03 Å². The van der Waals surface area contributed by atoms with Crippen LogP contribution >= 0.6 is 0 Å². The van der Waals surface area contributed by atoms with Gasteiger partial charge in [-0.15, -0.1) is 0 Å². The van der Waals surface area contributed by atoms with E-state index in [0.29, 0.717) is 12.3 Å². The van der Waals surface area contributed by atoms with Crippen molar-refractivity contribution in [2.24, 2.45) is 0 Å². The summed E-state index contributed by atoms with van der Waals surface area (Å²) < 4.78 is 0. The Kier molecular flexibility index (Phi) is 4.60. The minimum Gasteiger partial charge on any atom is -0.508 e. The molecular weight excluding hydrogens is 252 g/mol. The SMILES string of the molecule is Cc1cc(CCNC(=O)Nc2ccccc2)ccc1O. The fraction of sp³-hybridized carbons (Fsp3) is 0.188. The maximum Gasteiger partial charge on any atom is 0.319 e. The zero-order valence-corrected chi connectivity index (χ0v) is 11.4. The van der Waals surface area contributed by atoms with E-state index in [1.807, 2.05) is 49.4 Å². The van der Waals surface area contributed by atoms with E-state index < -0.39 is 0 Å². The van der Waals surface area contributed by atoms with Crippen molar-refractivity contribution in [2.75, 3.05) is 11.9 Å². The number of rotatable bonds is 4. The van der Waals surface area contributed by atoms with E-state index >= 15 is 0 Å². The monoisotopic (exact) mass is 270 g/mol. The number of phenolic OH excluding ortho intramolecular Hbond substituents is 1. The fourth-order valence-electron chi connectivity index (χ4n) is 1.89. The number of carbonyl (C=O) groups is 1. The summed E-state index contributed by atoms with van der Waals surface area (Å²) in [6.45, 7) is 2.40. The van der Waals surface area contributed by atoms with Crippen molar-refractivity contribution in [1.82, 2.24) is 5.32 Å². The second-order valence-electron chi connectivity index (χ2n) is 4.62. The van der Waals surface area contributed by atoms with Gasteiger partial charge in [-0.25, -0.2) is 4.79 Å². The average Bonchev–Trinajstić information content (AvgIpc) is 2.44. The summed E-state index contributed by atoms with van der Waals surface area (Å²) in [5.41, 5.74) is 2.70. The quantitative estimate of drug-likeness (QED) is 0.799. The number of urea groups is 1. The number of anilines is 1. The predicted molar refractivity (Wildman–Crippen MR) is 80.0 cm³/mol. The van der Waals surface area contributed by atoms with Crippen molar-refractivity contribution >= 4 is 11.7 Å². The zero-order valence-electron chi connectivity index (χ0n) is 11.4. The summed E-state index contributed by atoms with van der Waals surface area (Å²) in [4.78, 5) is 11.7. The van der Waals surface area contributed by atoms with Crippen LogP contribution in [0.25, 0.3) is 0 Å². The molecular formula is C16H18N2O2. The van der Waals surface area contributed by atoms with Gasteiger partial charge in [0.15, 0.2) is 0 Å².